The molecule has 0 radical (unpaired) electrons. The number of ether oxygens (including phenoxy) is 1. The molecule has 0 aromatic heterocycles. The van der Waals surface area contributed by atoms with Crippen LogP contribution in [-0.4, -0.2) is 37.1 Å². The van der Waals surface area contributed by atoms with Crippen LogP contribution in [0, 0.1) is 5.92 Å². The van der Waals surface area contributed by atoms with Gasteiger partial charge < -0.3 is 4.74 Å². The van der Waals surface area contributed by atoms with Crippen molar-refractivity contribution < 1.29 is 9.53 Å². The van der Waals surface area contributed by atoms with E-state index in [2.05, 4.69) is 13.8 Å². The maximum absolute atomic E-state index is 11.3. The molecule has 1 saturated heterocycles. The Bertz CT molecular complexity index is 156. The molecular weight excluding hydrogens is 142 g/mol. The van der Waals surface area contributed by atoms with Gasteiger partial charge in [0.2, 0.25) is 0 Å². The van der Waals surface area contributed by atoms with E-state index >= 15 is 0 Å². The third kappa shape index (κ3) is 1.79. The van der Waals surface area contributed by atoms with Crippen molar-refractivity contribution in [3.63, 3.8) is 0 Å². The summed E-state index contributed by atoms with van der Waals surface area (Å²) in [5, 5.41) is 0. The number of Topliss-reactive ketones (excluding diaryl/α,β-unsaturated/α-hetero) is 1. The lowest BCUT2D eigenvalue weighted by molar-refractivity contribution is -0.143. The van der Waals surface area contributed by atoms with Gasteiger partial charge >= 0.3 is 0 Å². The molecule has 1 heterocycles. The van der Waals surface area contributed by atoms with Crippen LogP contribution in [0.5, 0.6) is 0 Å². The molecule has 1 fully saturated rings. The number of carbonyl (C=O) groups is 1. The predicted molar refractivity (Wildman–Crippen MR) is 42.2 cm³/mol. The van der Waals surface area contributed by atoms with Crippen LogP contribution in [0.25, 0.3) is 0 Å². The first-order valence-electron chi connectivity index (χ1n) is 3.93. The SMILES string of the molecule is CC(C)C1C(=O)COCN1C. The molecule has 0 saturated carbocycles. The lowest BCUT2D eigenvalue weighted by Gasteiger charge is -2.33. The van der Waals surface area contributed by atoms with Crippen LogP contribution in [0.4, 0.5) is 0 Å². The highest BCUT2D eigenvalue weighted by Gasteiger charge is 2.29. The molecule has 0 aromatic carbocycles. The third-order valence-corrected chi connectivity index (χ3v) is 1.98. The van der Waals surface area contributed by atoms with Crippen molar-refractivity contribution in [2.24, 2.45) is 5.92 Å². The number of hydrogen-bond acceptors (Lipinski definition) is 3. The molecule has 3 heteroatoms. The van der Waals surface area contributed by atoms with Crippen LogP contribution in [0.3, 0.4) is 0 Å². The van der Waals surface area contributed by atoms with Gasteiger partial charge in [0.15, 0.2) is 5.78 Å². The van der Waals surface area contributed by atoms with Crippen molar-refractivity contribution in [3.8, 4) is 0 Å². The highest BCUT2D eigenvalue weighted by Crippen LogP contribution is 2.13. The van der Waals surface area contributed by atoms with Crippen LogP contribution < -0.4 is 0 Å². The van der Waals surface area contributed by atoms with Crippen molar-refractivity contribution in [3.05, 3.63) is 0 Å². The van der Waals surface area contributed by atoms with Crippen molar-refractivity contribution in [1.29, 1.82) is 0 Å². The summed E-state index contributed by atoms with van der Waals surface area (Å²) in [4.78, 5) is 13.2. The van der Waals surface area contributed by atoms with E-state index < -0.39 is 0 Å². The summed E-state index contributed by atoms with van der Waals surface area (Å²) in [6.07, 6.45) is 0. The molecule has 0 spiro atoms. The lowest BCUT2D eigenvalue weighted by Crippen LogP contribution is -2.49. The fraction of sp³-hybridized carbons (Fsp3) is 0.875. The van der Waals surface area contributed by atoms with E-state index in [1.807, 2.05) is 11.9 Å². The minimum absolute atomic E-state index is 0.0590. The van der Waals surface area contributed by atoms with E-state index in [0.29, 0.717) is 12.6 Å². The molecule has 1 atom stereocenters. The monoisotopic (exact) mass is 157 g/mol. The average molecular weight is 157 g/mol. The summed E-state index contributed by atoms with van der Waals surface area (Å²) in [6, 6.07) is 0.0590. The van der Waals surface area contributed by atoms with E-state index in [1.165, 1.54) is 0 Å². The normalized spacial score (nSPS) is 28.0. The summed E-state index contributed by atoms with van der Waals surface area (Å²) in [5.74, 6) is 0.588. The molecule has 1 aliphatic rings. The highest BCUT2D eigenvalue weighted by atomic mass is 16.5. The molecule has 1 rings (SSSR count). The number of rotatable bonds is 1. The Morgan fingerprint density at radius 1 is 1.64 bits per heavy atom. The number of ketones is 1. The Morgan fingerprint density at radius 2 is 2.27 bits per heavy atom. The van der Waals surface area contributed by atoms with E-state index in [0.717, 1.165) is 0 Å². The van der Waals surface area contributed by atoms with Gasteiger partial charge in [-0.1, -0.05) is 13.8 Å². The zero-order valence-electron chi connectivity index (χ0n) is 7.33. The van der Waals surface area contributed by atoms with Gasteiger partial charge in [-0.05, 0) is 13.0 Å². The smallest absolute Gasteiger partial charge is 0.175 e. The zero-order chi connectivity index (χ0) is 8.43. The quantitative estimate of drug-likeness (QED) is 0.555. The highest BCUT2D eigenvalue weighted by molar-refractivity contribution is 5.85. The molecule has 0 N–H and O–H groups in total. The van der Waals surface area contributed by atoms with Gasteiger partial charge in [-0.15, -0.1) is 0 Å². The van der Waals surface area contributed by atoms with E-state index in [9.17, 15) is 4.79 Å². The summed E-state index contributed by atoms with van der Waals surface area (Å²) in [7, 11) is 1.92. The topological polar surface area (TPSA) is 29.5 Å². The van der Waals surface area contributed by atoms with E-state index in [1.54, 1.807) is 0 Å². The first-order valence-corrected chi connectivity index (χ1v) is 3.93. The second-order valence-electron chi connectivity index (χ2n) is 3.39. The fourth-order valence-electron chi connectivity index (χ4n) is 1.58. The van der Waals surface area contributed by atoms with Crippen LogP contribution in [0.1, 0.15) is 13.8 Å². The van der Waals surface area contributed by atoms with Gasteiger partial charge in [-0.3, -0.25) is 9.69 Å². The molecule has 11 heavy (non-hydrogen) atoms. The van der Waals surface area contributed by atoms with Gasteiger partial charge in [0.1, 0.15) is 6.61 Å². The van der Waals surface area contributed by atoms with Crippen molar-refractivity contribution >= 4 is 5.78 Å². The first kappa shape index (κ1) is 8.68. The molecule has 0 aliphatic carbocycles. The number of carbonyl (C=O) groups excluding carboxylic acids is 1. The van der Waals surface area contributed by atoms with Crippen molar-refractivity contribution in [2.75, 3.05) is 20.4 Å². The Kier molecular flexibility index (Phi) is 2.62. The Hall–Kier alpha value is -0.410. The van der Waals surface area contributed by atoms with Gasteiger partial charge in [0.25, 0.3) is 0 Å². The molecule has 64 valence electrons. The molecule has 0 aromatic rings. The number of hydrogen-bond donors (Lipinski definition) is 0. The summed E-state index contributed by atoms with van der Waals surface area (Å²) < 4.78 is 5.05. The first-order chi connectivity index (χ1) is 5.13. The van der Waals surface area contributed by atoms with Crippen LogP contribution >= 0.6 is 0 Å². The second kappa shape index (κ2) is 3.32. The van der Waals surface area contributed by atoms with Gasteiger partial charge in [0.05, 0.1) is 12.8 Å². The molecule has 1 unspecified atom stereocenters. The van der Waals surface area contributed by atoms with Crippen LogP contribution in [0.2, 0.25) is 0 Å². The Balaban J connectivity index is 2.63. The maximum Gasteiger partial charge on any atom is 0.175 e. The van der Waals surface area contributed by atoms with Gasteiger partial charge in [-0.25, -0.2) is 0 Å². The van der Waals surface area contributed by atoms with Crippen LogP contribution in [-0.2, 0) is 9.53 Å². The second-order valence-corrected chi connectivity index (χ2v) is 3.39. The van der Waals surface area contributed by atoms with Crippen LogP contribution in [0.15, 0.2) is 0 Å². The Morgan fingerprint density at radius 3 is 2.64 bits per heavy atom. The summed E-state index contributed by atoms with van der Waals surface area (Å²) >= 11 is 0. The number of likely N-dealkylation sites (N-methyl/N-ethyl adjacent to an activating group) is 1. The van der Waals surface area contributed by atoms with E-state index in [4.69, 9.17) is 4.74 Å². The lowest BCUT2D eigenvalue weighted by atomic mass is 9.98. The third-order valence-electron chi connectivity index (χ3n) is 1.98. The molecule has 3 nitrogen and oxygen atoms in total. The average Bonchev–Trinajstić information content (AvgIpc) is 1.85. The predicted octanol–water partition coefficient (Wildman–Crippen LogP) is 0.500. The largest absolute Gasteiger partial charge is 0.358 e. The zero-order valence-corrected chi connectivity index (χ0v) is 7.33. The molecular formula is C8H15NO2. The van der Waals surface area contributed by atoms with Gasteiger partial charge in [0, 0.05) is 0 Å². The molecule has 0 amide bonds. The summed E-state index contributed by atoms with van der Waals surface area (Å²) in [6.45, 7) is 4.98. The minimum atomic E-state index is 0.0590. The van der Waals surface area contributed by atoms with Gasteiger partial charge in [-0.2, -0.15) is 0 Å². The minimum Gasteiger partial charge on any atom is -0.358 e. The van der Waals surface area contributed by atoms with Crippen molar-refractivity contribution in [2.45, 2.75) is 19.9 Å². The maximum atomic E-state index is 11.3. The molecule has 0 bridgehead atoms. The standard InChI is InChI=1S/C8H15NO2/c1-6(2)8-7(10)4-11-5-9(8)3/h6,8H,4-5H2,1-3H3. The molecule has 1 aliphatic heterocycles. The van der Waals surface area contributed by atoms with Crippen molar-refractivity contribution in [1.82, 2.24) is 4.90 Å². The van der Waals surface area contributed by atoms with E-state index in [-0.39, 0.29) is 18.4 Å². The summed E-state index contributed by atoms with van der Waals surface area (Å²) in [5.41, 5.74) is 0. The fourth-order valence-corrected chi connectivity index (χ4v) is 1.58. The Labute approximate surface area is 67.3 Å². The number of nitrogens with zero attached hydrogens (tertiary/aromatic N) is 1.